The van der Waals surface area contributed by atoms with Gasteiger partial charge in [0.1, 0.15) is 0 Å². The Labute approximate surface area is 106 Å². The number of hydrogen-bond donors (Lipinski definition) is 2. The summed E-state index contributed by atoms with van der Waals surface area (Å²) in [4.78, 5) is 0. The molecule has 2 nitrogen and oxygen atoms in total. The summed E-state index contributed by atoms with van der Waals surface area (Å²) in [7, 11) is 0. The summed E-state index contributed by atoms with van der Waals surface area (Å²) in [5.41, 5.74) is 0.0610. The van der Waals surface area contributed by atoms with E-state index in [-0.39, 0.29) is 5.54 Å². The van der Waals surface area contributed by atoms with Gasteiger partial charge in [-0.2, -0.15) is 0 Å². The Kier molecular flexibility index (Phi) is 5.30. The highest BCUT2D eigenvalue weighted by Gasteiger charge is 2.32. The molecule has 0 aromatic heterocycles. The largest absolute Gasteiger partial charge is 0.394 e. The number of aliphatic hydroxyl groups is 1. The smallest absolute Gasteiger partial charge is 0.0613 e. The average Bonchev–Trinajstić information content (AvgIpc) is 2.73. The van der Waals surface area contributed by atoms with E-state index in [1.54, 1.807) is 0 Å². The summed E-state index contributed by atoms with van der Waals surface area (Å²) in [6.45, 7) is 0.337. The highest BCUT2D eigenvalue weighted by atomic mass is 16.3. The van der Waals surface area contributed by atoms with Crippen LogP contribution in [0, 0.1) is 0 Å². The first-order valence-corrected chi connectivity index (χ1v) is 7.73. The zero-order valence-corrected chi connectivity index (χ0v) is 11.2. The van der Waals surface area contributed by atoms with Gasteiger partial charge in [0.05, 0.1) is 6.61 Å². The summed E-state index contributed by atoms with van der Waals surface area (Å²) in [5, 5.41) is 13.7. The van der Waals surface area contributed by atoms with Crippen molar-refractivity contribution in [3.8, 4) is 0 Å². The van der Waals surface area contributed by atoms with Crippen molar-refractivity contribution in [2.75, 3.05) is 6.61 Å². The maximum absolute atomic E-state index is 9.80. The van der Waals surface area contributed by atoms with E-state index >= 15 is 0 Å². The van der Waals surface area contributed by atoms with Crippen LogP contribution >= 0.6 is 0 Å². The Hall–Kier alpha value is -0.0800. The third kappa shape index (κ3) is 3.96. The van der Waals surface area contributed by atoms with Crippen molar-refractivity contribution in [1.82, 2.24) is 5.32 Å². The van der Waals surface area contributed by atoms with Gasteiger partial charge in [0.15, 0.2) is 0 Å². The van der Waals surface area contributed by atoms with Crippen LogP contribution in [-0.4, -0.2) is 23.3 Å². The maximum Gasteiger partial charge on any atom is 0.0613 e. The molecule has 0 saturated heterocycles. The second-order valence-electron chi connectivity index (χ2n) is 6.19. The monoisotopic (exact) mass is 239 g/mol. The van der Waals surface area contributed by atoms with Gasteiger partial charge < -0.3 is 10.4 Å². The molecule has 2 N–H and O–H groups in total. The first-order chi connectivity index (χ1) is 8.35. The third-order valence-corrected chi connectivity index (χ3v) is 4.73. The standard InChI is InChI=1S/C15H29NO/c17-13-15(11-7-3-4-8-12-15)16-14-9-5-1-2-6-10-14/h14,16-17H,1-13H2. The first kappa shape index (κ1) is 13.4. The average molecular weight is 239 g/mol. The molecule has 0 radical (unpaired) electrons. The quantitative estimate of drug-likeness (QED) is 0.740. The van der Waals surface area contributed by atoms with Gasteiger partial charge in [0, 0.05) is 11.6 Å². The zero-order chi connectivity index (χ0) is 12.0. The van der Waals surface area contributed by atoms with Gasteiger partial charge in [-0.25, -0.2) is 0 Å². The van der Waals surface area contributed by atoms with Gasteiger partial charge in [-0.05, 0) is 25.7 Å². The van der Waals surface area contributed by atoms with Crippen LogP contribution < -0.4 is 5.32 Å². The van der Waals surface area contributed by atoms with E-state index in [0.29, 0.717) is 12.6 Å². The van der Waals surface area contributed by atoms with Crippen LogP contribution in [-0.2, 0) is 0 Å². The van der Waals surface area contributed by atoms with Crippen molar-refractivity contribution >= 4 is 0 Å². The molecule has 2 heteroatoms. The highest BCUT2D eigenvalue weighted by molar-refractivity contribution is 4.92. The Morgan fingerprint density at radius 1 is 0.824 bits per heavy atom. The summed E-state index contributed by atoms with van der Waals surface area (Å²) < 4.78 is 0. The lowest BCUT2D eigenvalue weighted by molar-refractivity contribution is 0.127. The molecule has 0 aromatic rings. The van der Waals surface area contributed by atoms with Crippen molar-refractivity contribution < 1.29 is 5.11 Å². The minimum Gasteiger partial charge on any atom is -0.394 e. The number of rotatable bonds is 3. The molecule has 2 rings (SSSR count). The highest BCUT2D eigenvalue weighted by Crippen LogP contribution is 2.29. The number of hydrogen-bond acceptors (Lipinski definition) is 2. The van der Waals surface area contributed by atoms with Crippen molar-refractivity contribution in [3.63, 3.8) is 0 Å². The van der Waals surface area contributed by atoms with Crippen LogP contribution in [0.2, 0.25) is 0 Å². The molecule has 0 aliphatic heterocycles. The van der Waals surface area contributed by atoms with Crippen LogP contribution in [0.25, 0.3) is 0 Å². The predicted octanol–water partition coefficient (Wildman–Crippen LogP) is 3.38. The first-order valence-electron chi connectivity index (χ1n) is 7.73. The topological polar surface area (TPSA) is 32.3 Å². The minimum atomic E-state index is 0.0610. The SMILES string of the molecule is OCC1(NC2CCCCCC2)CCCCCC1. The van der Waals surface area contributed by atoms with E-state index in [4.69, 9.17) is 0 Å². The summed E-state index contributed by atoms with van der Waals surface area (Å²) in [5.74, 6) is 0. The van der Waals surface area contributed by atoms with E-state index in [1.807, 2.05) is 0 Å². The molecule has 0 spiro atoms. The fourth-order valence-corrected chi connectivity index (χ4v) is 3.61. The minimum absolute atomic E-state index is 0.0610. The van der Waals surface area contributed by atoms with Crippen molar-refractivity contribution in [2.45, 2.75) is 88.6 Å². The van der Waals surface area contributed by atoms with Crippen molar-refractivity contribution in [1.29, 1.82) is 0 Å². The summed E-state index contributed by atoms with van der Waals surface area (Å²) >= 11 is 0. The zero-order valence-electron chi connectivity index (χ0n) is 11.2. The van der Waals surface area contributed by atoms with E-state index in [0.717, 1.165) is 0 Å². The van der Waals surface area contributed by atoms with Gasteiger partial charge in [0.2, 0.25) is 0 Å². The summed E-state index contributed by atoms with van der Waals surface area (Å²) in [6.07, 6.45) is 15.9. The normalized spacial score (nSPS) is 27.4. The second-order valence-corrected chi connectivity index (χ2v) is 6.19. The lowest BCUT2D eigenvalue weighted by atomic mass is 9.89. The van der Waals surface area contributed by atoms with Gasteiger partial charge in [-0.3, -0.25) is 0 Å². The lowest BCUT2D eigenvalue weighted by Crippen LogP contribution is -2.52. The van der Waals surface area contributed by atoms with Gasteiger partial charge >= 0.3 is 0 Å². The predicted molar refractivity (Wildman–Crippen MR) is 72.1 cm³/mol. The molecule has 0 unspecified atom stereocenters. The Bertz CT molecular complexity index is 201. The summed E-state index contributed by atoms with van der Waals surface area (Å²) in [6, 6.07) is 0.669. The molecule has 0 atom stereocenters. The Morgan fingerprint density at radius 3 is 1.88 bits per heavy atom. The fraction of sp³-hybridized carbons (Fsp3) is 1.00. The van der Waals surface area contributed by atoms with E-state index in [2.05, 4.69) is 5.32 Å². The van der Waals surface area contributed by atoms with Crippen LogP contribution in [0.5, 0.6) is 0 Å². The molecule has 0 amide bonds. The van der Waals surface area contributed by atoms with Crippen molar-refractivity contribution in [2.24, 2.45) is 0 Å². The fourth-order valence-electron chi connectivity index (χ4n) is 3.61. The maximum atomic E-state index is 9.80. The molecule has 100 valence electrons. The molecular weight excluding hydrogens is 210 g/mol. The molecule has 2 aliphatic rings. The van der Waals surface area contributed by atoms with E-state index < -0.39 is 0 Å². The van der Waals surface area contributed by atoms with Crippen LogP contribution in [0.4, 0.5) is 0 Å². The lowest BCUT2D eigenvalue weighted by Gasteiger charge is -2.36. The molecule has 0 heterocycles. The van der Waals surface area contributed by atoms with E-state index in [1.165, 1.54) is 77.0 Å². The molecule has 2 aliphatic carbocycles. The molecule has 2 saturated carbocycles. The molecular formula is C15H29NO. The Morgan fingerprint density at radius 2 is 1.35 bits per heavy atom. The van der Waals surface area contributed by atoms with E-state index in [9.17, 15) is 5.11 Å². The number of nitrogens with one attached hydrogen (secondary N) is 1. The molecule has 0 aromatic carbocycles. The molecule has 2 fully saturated rings. The van der Waals surface area contributed by atoms with Gasteiger partial charge in [-0.1, -0.05) is 51.4 Å². The molecule has 0 bridgehead atoms. The van der Waals surface area contributed by atoms with Crippen LogP contribution in [0.1, 0.15) is 77.0 Å². The second kappa shape index (κ2) is 6.75. The van der Waals surface area contributed by atoms with Gasteiger partial charge in [-0.15, -0.1) is 0 Å². The Balaban J connectivity index is 1.91. The third-order valence-electron chi connectivity index (χ3n) is 4.73. The van der Waals surface area contributed by atoms with Gasteiger partial charge in [0.25, 0.3) is 0 Å². The van der Waals surface area contributed by atoms with Crippen LogP contribution in [0.3, 0.4) is 0 Å². The number of aliphatic hydroxyl groups excluding tert-OH is 1. The van der Waals surface area contributed by atoms with Crippen LogP contribution in [0.15, 0.2) is 0 Å². The van der Waals surface area contributed by atoms with Crippen molar-refractivity contribution in [3.05, 3.63) is 0 Å². The molecule has 17 heavy (non-hydrogen) atoms.